The monoisotopic (exact) mass is 656 g/mol. The highest BCUT2D eigenvalue weighted by Gasteiger charge is 2.38. The lowest BCUT2D eigenvalue weighted by Crippen LogP contribution is -2.43. The van der Waals surface area contributed by atoms with Crippen LogP contribution in [-0.4, -0.2) is 61.0 Å². The minimum absolute atomic E-state index is 0.0362. The van der Waals surface area contributed by atoms with Crippen LogP contribution in [0.3, 0.4) is 0 Å². The molecule has 44 heavy (non-hydrogen) atoms. The minimum Gasteiger partial charge on any atom is -0.494 e. The fourth-order valence-electron chi connectivity index (χ4n) is 4.87. The molecular formula is C31H38ClFN6O3SSi. The number of thiazole rings is 1. The van der Waals surface area contributed by atoms with E-state index in [1.54, 1.807) is 13.0 Å². The first kappa shape index (κ1) is 32.2. The summed E-state index contributed by atoms with van der Waals surface area (Å²) in [5, 5.41) is 3.11. The Bertz CT molecular complexity index is 1690. The highest BCUT2D eigenvalue weighted by molar-refractivity contribution is 7.22. The van der Waals surface area contributed by atoms with Gasteiger partial charge >= 0.3 is 0 Å². The van der Waals surface area contributed by atoms with Gasteiger partial charge in [0.15, 0.2) is 24.4 Å². The third kappa shape index (κ3) is 6.73. The fourth-order valence-corrected chi connectivity index (χ4v) is 6.93. The maximum atomic E-state index is 15.2. The van der Waals surface area contributed by atoms with Crippen molar-refractivity contribution in [2.75, 3.05) is 37.0 Å². The second-order valence-corrected chi connectivity index (χ2v) is 18.8. The van der Waals surface area contributed by atoms with Gasteiger partial charge in [0, 0.05) is 37.2 Å². The van der Waals surface area contributed by atoms with Crippen molar-refractivity contribution in [3.63, 3.8) is 0 Å². The molecular weight excluding hydrogens is 619 g/mol. The van der Waals surface area contributed by atoms with Gasteiger partial charge in [-0.25, -0.2) is 19.3 Å². The number of hydrogen-bond acceptors (Lipinski definition) is 9. The zero-order valence-corrected chi connectivity index (χ0v) is 28.7. The van der Waals surface area contributed by atoms with Gasteiger partial charge in [-0.15, -0.1) is 0 Å². The molecule has 234 valence electrons. The SMILES string of the molecule is COc1cnc(Cl)c(F)c1-c1cc(C)ncc1C(=O)Nc1nc2ccc(N3CCC(CO[Si](C)(C)C(C)(C)C)CC3)nc2s1. The predicted octanol–water partition coefficient (Wildman–Crippen LogP) is 7.75. The van der Waals surface area contributed by atoms with Crippen LogP contribution >= 0.6 is 22.9 Å². The van der Waals surface area contributed by atoms with Gasteiger partial charge in [0.05, 0.1) is 24.4 Å². The van der Waals surface area contributed by atoms with Crippen molar-refractivity contribution in [3.8, 4) is 16.9 Å². The van der Waals surface area contributed by atoms with Gasteiger partial charge in [0.25, 0.3) is 5.91 Å². The summed E-state index contributed by atoms with van der Waals surface area (Å²) >= 11 is 7.26. The molecule has 1 N–H and O–H groups in total. The topological polar surface area (TPSA) is 102 Å². The van der Waals surface area contributed by atoms with Gasteiger partial charge in [0.2, 0.25) is 0 Å². The molecule has 0 aliphatic carbocycles. The van der Waals surface area contributed by atoms with Gasteiger partial charge in [0.1, 0.15) is 21.9 Å². The van der Waals surface area contributed by atoms with Crippen molar-refractivity contribution in [1.29, 1.82) is 0 Å². The standard InChI is InChI=1S/C31H38ClFN6O3SSi/c1-18-14-20(25-23(41-5)16-35-27(32)26(25)33)21(15-34-18)28(40)38-30-36-22-8-9-24(37-29(22)43-30)39-12-10-19(11-13-39)17-42-44(6,7)31(2,3)4/h8-9,14-16,19H,10-13,17H2,1-7H3,(H,36,38,40). The fraction of sp³-hybridized carbons (Fsp3) is 0.452. The molecule has 0 spiro atoms. The number of hydrogen-bond donors (Lipinski definition) is 1. The van der Waals surface area contributed by atoms with Crippen molar-refractivity contribution < 1.29 is 18.3 Å². The number of carbonyl (C=O) groups is 1. The Balaban J connectivity index is 1.30. The maximum Gasteiger partial charge on any atom is 0.259 e. The molecule has 1 amide bonds. The van der Waals surface area contributed by atoms with Crippen LogP contribution in [0.5, 0.6) is 5.75 Å². The molecule has 5 rings (SSSR count). The molecule has 4 aromatic heterocycles. The van der Waals surface area contributed by atoms with Crippen molar-refractivity contribution in [2.45, 2.75) is 58.7 Å². The second kappa shape index (κ2) is 12.7. The molecule has 0 bridgehead atoms. The number of halogens is 2. The molecule has 1 fully saturated rings. The molecule has 0 saturated carbocycles. The number of methoxy groups -OCH3 is 1. The van der Waals surface area contributed by atoms with Crippen LogP contribution in [0.1, 0.15) is 49.7 Å². The number of nitrogens with zero attached hydrogens (tertiary/aromatic N) is 5. The van der Waals surface area contributed by atoms with Crippen LogP contribution in [0.15, 0.2) is 30.6 Å². The molecule has 1 saturated heterocycles. The van der Waals surface area contributed by atoms with Gasteiger partial charge in [-0.2, -0.15) is 0 Å². The number of aromatic nitrogens is 4. The van der Waals surface area contributed by atoms with E-state index >= 15 is 4.39 Å². The minimum atomic E-state index is -1.76. The summed E-state index contributed by atoms with van der Waals surface area (Å²) in [5.74, 6) is 0.310. The molecule has 0 atom stereocenters. The number of pyridine rings is 3. The summed E-state index contributed by atoms with van der Waals surface area (Å²) < 4.78 is 27.0. The van der Waals surface area contributed by atoms with Gasteiger partial charge in [-0.1, -0.05) is 43.7 Å². The summed E-state index contributed by atoms with van der Waals surface area (Å²) in [6, 6.07) is 5.51. The molecule has 4 aromatic rings. The van der Waals surface area contributed by atoms with E-state index in [2.05, 4.69) is 59.0 Å². The normalized spacial score (nSPS) is 14.7. The van der Waals surface area contributed by atoms with E-state index in [0.29, 0.717) is 22.3 Å². The average Bonchev–Trinajstić information content (AvgIpc) is 3.38. The van der Waals surface area contributed by atoms with E-state index in [1.165, 1.54) is 30.8 Å². The van der Waals surface area contributed by atoms with Crippen LogP contribution in [0, 0.1) is 18.7 Å². The molecule has 0 aromatic carbocycles. The number of amides is 1. The van der Waals surface area contributed by atoms with E-state index in [4.69, 9.17) is 25.7 Å². The highest BCUT2D eigenvalue weighted by atomic mass is 35.5. The summed E-state index contributed by atoms with van der Waals surface area (Å²) in [6.45, 7) is 15.8. The van der Waals surface area contributed by atoms with E-state index in [9.17, 15) is 4.79 Å². The van der Waals surface area contributed by atoms with Crippen LogP contribution in [0.2, 0.25) is 23.3 Å². The quantitative estimate of drug-likeness (QED) is 0.152. The summed E-state index contributed by atoms with van der Waals surface area (Å²) in [6.07, 6.45) is 4.83. The number of ether oxygens (including phenoxy) is 1. The Morgan fingerprint density at radius 1 is 1.18 bits per heavy atom. The summed E-state index contributed by atoms with van der Waals surface area (Å²) in [7, 11) is -0.359. The predicted molar refractivity (Wildman–Crippen MR) is 177 cm³/mol. The molecule has 0 radical (unpaired) electrons. The lowest BCUT2D eigenvalue weighted by Gasteiger charge is -2.39. The first-order valence-corrected chi connectivity index (χ1v) is 18.7. The molecule has 1 aliphatic heterocycles. The van der Waals surface area contributed by atoms with Crippen molar-refractivity contribution in [1.82, 2.24) is 19.9 Å². The molecule has 5 heterocycles. The Morgan fingerprint density at radius 3 is 2.59 bits per heavy atom. The number of aryl methyl sites for hydroxylation is 1. The first-order valence-electron chi connectivity index (χ1n) is 14.6. The third-order valence-corrected chi connectivity index (χ3v) is 14.2. The van der Waals surface area contributed by atoms with E-state index in [1.807, 2.05) is 12.1 Å². The van der Waals surface area contributed by atoms with E-state index in [-0.39, 0.29) is 32.6 Å². The van der Waals surface area contributed by atoms with Crippen molar-refractivity contribution in [3.05, 3.63) is 52.8 Å². The molecule has 13 heteroatoms. The number of nitrogens with one attached hydrogen (secondary N) is 1. The lowest BCUT2D eigenvalue weighted by atomic mass is 9.98. The smallest absolute Gasteiger partial charge is 0.259 e. The third-order valence-electron chi connectivity index (χ3n) is 8.60. The van der Waals surface area contributed by atoms with Gasteiger partial charge < -0.3 is 14.1 Å². The summed E-state index contributed by atoms with van der Waals surface area (Å²) in [5.41, 5.74) is 1.74. The lowest BCUT2D eigenvalue weighted by molar-refractivity contribution is 0.102. The Kier molecular flexibility index (Phi) is 9.27. The van der Waals surface area contributed by atoms with Gasteiger partial charge in [-0.05, 0) is 62.0 Å². The maximum absolute atomic E-state index is 15.2. The number of carbonyl (C=O) groups excluding carboxylic acids is 1. The zero-order chi connectivity index (χ0) is 31.8. The van der Waals surface area contributed by atoms with Gasteiger partial charge in [-0.3, -0.25) is 15.1 Å². The highest BCUT2D eigenvalue weighted by Crippen LogP contribution is 2.39. The second-order valence-electron chi connectivity index (χ2n) is 12.6. The van der Waals surface area contributed by atoms with Crippen LogP contribution in [-0.2, 0) is 4.43 Å². The van der Waals surface area contributed by atoms with Crippen molar-refractivity contribution >= 4 is 58.5 Å². The average molecular weight is 657 g/mol. The van der Waals surface area contributed by atoms with Crippen molar-refractivity contribution in [2.24, 2.45) is 5.92 Å². The largest absolute Gasteiger partial charge is 0.494 e. The molecule has 0 unspecified atom stereocenters. The molecule has 1 aliphatic rings. The number of fused-ring (bicyclic) bond motifs is 1. The Labute approximate surface area is 267 Å². The van der Waals surface area contributed by atoms with Crippen LogP contribution in [0.25, 0.3) is 21.5 Å². The Hall–Kier alpha value is -3.19. The van der Waals surface area contributed by atoms with Crippen LogP contribution < -0.4 is 15.0 Å². The molecule has 9 nitrogen and oxygen atoms in total. The summed E-state index contributed by atoms with van der Waals surface area (Å²) in [4.78, 5) is 34.0. The number of rotatable bonds is 8. The van der Waals surface area contributed by atoms with E-state index in [0.717, 1.165) is 43.2 Å². The Morgan fingerprint density at radius 2 is 1.91 bits per heavy atom. The first-order chi connectivity index (χ1) is 20.8. The van der Waals surface area contributed by atoms with E-state index < -0.39 is 20.0 Å². The van der Waals surface area contributed by atoms with Crippen LogP contribution in [0.4, 0.5) is 15.3 Å². The zero-order valence-electron chi connectivity index (χ0n) is 26.1. The number of anilines is 2. The number of piperidine rings is 1.